The summed E-state index contributed by atoms with van der Waals surface area (Å²) in [7, 11) is 2.95. The Bertz CT molecular complexity index is 863. The summed E-state index contributed by atoms with van der Waals surface area (Å²) in [6.45, 7) is 2.39. The van der Waals surface area contributed by atoms with Crippen LogP contribution in [0.15, 0.2) is 42.5 Å². The number of carbonyl (C=O) groups excluding carboxylic acids is 1. The Balaban J connectivity index is 2.16. The third-order valence-electron chi connectivity index (χ3n) is 3.57. The largest absolute Gasteiger partial charge is 0.495 e. The summed E-state index contributed by atoms with van der Waals surface area (Å²) < 4.78 is 15.8. The first-order valence-electron chi connectivity index (χ1n) is 8.10. The van der Waals surface area contributed by atoms with Gasteiger partial charge in [-0.2, -0.15) is 0 Å². The third kappa shape index (κ3) is 5.21. The number of nitro groups is 1. The number of hydrogen-bond donors (Lipinski definition) is 1. The predicted molar refractivity (Wildman–Crippen MR) is 101 cm³/mol. The van der Waals surface area contributed by atoms with Crippen LogP contribution in [0.25, 0.3) is 6.08 Å². The van der Waals surface area contributed by atoms with Gasteiger partial charge in [-0.25, -0.2) is 0 Å². The van der Waals surface area contributed by atoms with Crippen LogP contribution < -0.4 is 19.5 Å². The molecule has 0 fully saturated rings. The number of nitrogens with one attached hydrogen (secondary N) is 1. The van der Waals surface area contributed by atoms with Gasteiger partial charge < -0.3 is 19.5 Å². The lowest BCUT2D eigenvalue weighted by molar-refractivity contribution is -0.384. The molecule has 2 aromatic rings. The van der Waals surface area contributed by atoms with Gasteiger partial charge in [-0.05, 0) is 36.8 Å². The lowest BCUT2D eigenvalue weighted by atomic mass is 10.2. The average Bonchev–Trinajstić information content (AvgIpc) is 2.67. The van der Waals surface area contributed by atoms with Gasteiger partial charge in [-0.15, -0.1) is 0 Å². The van der Waals surface area contributed by atoms with Crippen LogP contribution in [0.2, 0.25) is 0 Å². The van der Waals surface area contributed by atoms with Crippen LogP contribution in [0.1, 0.15) is 12.5 Å². The maximum absolute atomic E-state index is 12.2. The van der Waals surface area contributed by atoms with Crippen molar-refractivity contribution in [1.29, 1.82) is 0 Å². The van der Waals surface area contributed by atoms with E-state index >= 15 is 0 Å². The molecule has 8 nitrogen and oxygen atoms in total. The Morgan fingerprint density at radius 3 is 2.44 bits per heavy atom. The summed E-state index contributed by atoms with van der Waals surface area (Å²) in [6, 6.07) is 9.24. The number of ether oxygens (including phenoxy) is 3. The fraction of sp³-hybridized carbons (Fsp3) is 0.211. The van der Waals surface area contributed by atoms with Gasteiger partial charge in [-0.1, -0.05) is 6.07 Å². The van der Waals surface area contributed by atoms with Gasteiger partial charge in [0, 0.05) is 18.2 Å². The van der Waals surface area contributed by atoms with E-state index in [2.05, 4.69) is 5.32 Å². The first kappa shape index (κ1) is 19.8. The molecule has 1 amide bonds. The zero-order chi connectivity index (χ0) is 19.8. The Labute approximate surface area is 156 Å². The zero-order valence-corrected chi connectivity index (χ0v) is 15.2. The predicted octanol–water partition coefficient (Wildman–Crippen LogP) is 3.66. The summed E-state index contributed by atoms with van der Waals surface area (Å²) in [6.07, 6.45) is 2.91. The number of benzene rings is 2. The van der Waals surface area contributed by atoms with E-state index in [9.17, 15) is 14.9 Å². The molecule has 2 aromatic carbocycles. The van der Waals surface area contributed by atoms with E-state index in [1.54, 1.807) is 24.3 Å². The SMILES string of the molecule is CCOc1ccc(C=CC(=O)Nc2cc([N+](=O)[O-])ccc2OC)cc1OC. The van der Waals surface area contributed by atoms with Crippen molar-refractivity contribution in [3.63, 3.8) is 0 Å². The molecule has 0 aliphatic carbocycles. The molecule has 0 bridgehead atoms. The topological polar surface area (TPSA) is 99.9 Å². The van der Waals surface area contributed by atoms with E-state index in [-0.39, 0.29) is 11.4 Å². The minimum absolute atomic E-state index is 0.147. The van der Waals surface area contributed by atoms with E-state index in [1.165, 1.54) is 38.5 Å². The minimum atomic E-state index is -0.545. The van der Waals surface area contributed by atoms with Gasteiger partial charge in [-0.3, -0.25) is 14.9 Å². The summed E-state index contributed by atoms with van der Waals surface area (Å²) in [5.74, 6) is 1.04. The monoisotopic (exact) mass is 372 g/mol. The maximum Gasteiger partial charge on any atom is 0.271 e. The van der Waals surface area contributed by atoms with Crippen LogP contribution in [0.4, 0.5) is 11.4 Å². The fourth-order valence-electron chi connectivity index (χ4n) is 2.32. The third-order valence-corrected chi connectivity index (χ3v) is 3.57. The Kier molecular flexibility index (Phi) is 6.76. The van der Waals surface area contributed by atoms with Crippen molar-refractivity contribution < 1.29 is 23.9 Å². The molecule has 0 atom stereocenters. The van der Waals surface area contributed by atoms with Gasteiger partial charge in [0.15, 0.2) is 11.5 Å². The van der Waals surface area contributed by atoms with Crippen molar-refractivity contribution in [3.8, 4) is 17.2 Å². The quantitative estimate of drug-likeness (QED) is 0.431. The first-order chi connectivity index (χ1) is 13.0. The van der Waals surface area contributed by atoms with Gasteiger partial charge in [0.1, 0.15) is 5.75 Å². The van der Waals surface area contributed by atoms with E-state index in [0.29, 0.717) is 23.9 Å². The maximum atomic E-state index is 12.2. The van der Waals surface area contributed by atoms with Crippen molar-refractivity contribution in [3.05, 3.63) is 58.2 Å². The molecule has 0 aromatic heterocycles. The molecule has 0 aliphatic rings. The highest BCUT2D eigenvalue weighted by molar-refractivity contribution is 6.03. The molecule has 0 saturated heterocycles. The van der Waals surface area contributed by atoms with Gasteiger partial charge in [0.2, 0.25) is 5.91 Å². The van der Waals surface area contributed by atoms with Crippen LogP contribution in [0, 0.1) is 10.1 Å². The molecule has 1 N–H and O–H groups in total. The zero-order valence-electron chi connectivity index (χ0n) is 15.2. The highest BCUT2D eigenvalue weighted by Gasteiger charge is 2.12. The standard InChI is InChI=1S/C19H20N2O6/c1-4-27-17-8-5-13(11-18(17)26-3)6-10-19(22)20-15-12-14(21(23)24)7-9-16(15)25-2/h5-12H,4H2,1-3H3,(H,20,22). The molecule has 0 heterocycles. The van der Waals surface area contributed by atoms with E-state index in [0.717, 1.165) is 5.56 Å². The normalized spacial score (nSPS) is 10.5. The van der Waals surface area contributed by atoms with Gasteiger partial charge in [0.25, 0.3) is 5.69 Å². The highest BCUT2D eigenvalue weighted by Crippen LogP contribution is 2.30. The molecule has 27 heavy (non-hydrogen) atoms. The number of nitro benzene ring substituents is 1. The lowest BCUT2D eigenvalue weighted by Crippen LogP contribution is -2.09. The number of carbonyl (C=O) groups is 1. The highest BCUT2D eigenvalue weighted by atomic mass is 16.6. The fourth-order valence-corrected chi connectivity index (χ4v) is 2.32. The molecule has 142 valence electrons. The summed E-state index contributed by atoms with van der Waals surface area (Å²) in [5, 5.41) is 13.5. The molecule has 0 aliphatic heterocycles. The van der Waals surface area contributed by atoms with Crippen molar-refractivity contribution in [1.82, 2.24) is 0 Å². The molecule has 2 rings (SSSR count). The number of hydrogen-bond acceptors (Lipinski definition) is 6. The molecular formula is C19H20N2O6. The second-order valence-electron chi connectivity index (χ2n) is 5.31. The number of amides is 1. The minimum Gasteiger partial charge on any atom is -0.495 e. The van der Waals surface area contributed by atoms with Gasteiger partial charge in [0.05, 0.1) is 31.4 Å². The Morgan fingerprint density at radius 1 is 1.11 bits per heavy atom. The number of nitrogens with zero attached hydrogens (tertiary/aromatic N) is 1. The lowest BCUT2D eigenvalue weighted by Gasteiger charge is -2.10. The van der Waals surface area contributed by atoms with E-state index in [1.807, 2.05) is 6.92 Å². The summed E-state index contributed by atoms with van der Waals surface area (Å²) >= 11 is 0. The van der Waals surface area contributed by atoms with Crippen molar-refractivity contribution in [2.75, 3.05) is 26.1 Å². The molecule has 0 radical (unpaired) electrons. The molecule has 0 spiro atoms. The Morgan fingerprint density at radius 2 is 1.81 bits per heavy atom. The second-order valence-corrected chi connectivity index (χ2v) is 5.31. The summed E-state index contributed by atoms with van der Waals surface area (Å²) in [5.41, 5.74) is 0.799. The molecule has 0 unspecified atom stereocenters. The number of anilines is 1. The van der Waals surface area contributed by atoms with Crippen LogP contribution in [-0.2, 0) is 4.79 Å². The van der Waals surface area contributed by atoms with Crippen molar-refractivity contribution in [2.24, 2.45) is 0 Å². The first-order valence-corrected chi connectivity index (χ1v) is 8.10. The van der Waals surface area contributed by atoms with Crippen LogP contribution in [0.5, 0.6) is 17.2 Å². The number of methoxy groups -OCH3 is 2. The second kappa shape index (κ2) is 9.23. The van der Waals surface area contributed by atoms with E-state index in [4.69, 9.17) is 14.2 Å². The smallest absolute Gasteiger partial charge is 0.271 e. The molecular weight excluding hydrogens is 352 g/mol. The van der Waals surface area contributed by atoms with Crippen LogP contribution >= 0.6 is 0 Å². The van der Waals surface area contributed by atoms with Crippen LogP contribution in [-0.4, -0.2) is 31.7 Å². The number of rotatable bonds is 8. The van der Waals surface area contributed by atoms with Crippen LogP contribution in [0.3, 0.4) is 0 Å². The van der Waals surface area contributed by atoms with Crippen molar-refractivity contribution >= 4 is 23.4 Å². The van der Waals surface area contributed by atoms with E-state index < -0.39 is 10.8 Å². The summed E-state index contributed by atoms with van der Waals surface area (Å²) in [4.78, 5) is 22.5. The Hall–Kier alpha value is -3.55. The molecule has 0 saturated carbocycles. The average molecular weight is 372 g/mol. The molecule has 8 heteroatoms. The number of non-ortho nitro benzene ring substituents is 1. The van der Waals surface area contributed by atoms with Crippen molar-refractivity contribution in [2.45, 2.75) is 6.92 Å². The van der Waals surface area contributed by atoms with Gasteiger partial charge >= 0.3 is 0 Å².